The summed E-state index contributed by atoms with van der Waals surface area (Å²) in [4.78, 5) is 9.41. The Balaban J connectivity index is 1.93. The molecule has 2 aromatic heterocycles. The van der Waals surface area contributed by atoms with E-state index in [0.717, 1.165) is 39.7 Å². The highest BCUT2D eigenvalue weighted by atomic mass is 35.5. The minimum absolute atomic E-state index is 0.400. The predicted octanol–water partition coefficient (Wildman–Crippen LogP) is 5.45. The summed E-state index contributed by atoms with van der Waals surface area (Å²) < 4.78 is 21.2. The summed E-state index contributed by atoms with van der Waals surface area (Å²) in [5.41, 5.74) is 5.60. The molecule has 7 heteroatoms. The van der Waals surface area contributed by atoms with E-state index in [0.29, 0.717) is 29.6 Å². The number of rotatable bonds is 3. The Morgan fingerprint density at radius 1 is 1.07 bits per heavy atom. The molecule has 0 spiro atoms. The number of aryl methyl sites for hydroxylation is 2. The number of halogens is 3. The lowest BCUT2D eigenvalue weighted by Crippen LogP contribution is -2.21. The molecule has 1 aliphatic rings. The van der Waals surface area contributed by atoms with Gasteiger partial charge in [0, 0.05) is 34.6 Å². The van der Waals surface area contributed by atoms with Crippen LogP contribution >= 0.6 is 23.2 Å². The van der Waals surface area contributed by atoms with Gasteiger partial charge in [-0.1, -0.05) is 23.2 Å². The molecule has 1 aliphatic heterocycles. The molecule has 4 nitrogen and oxygen atoms in total. The van der Waals surface area contributed by atoms with Crippen LogP contribution in [0.3, 0.4) is 0 Å². The van der Waals surface area contributed by atoms with Gasteiger partial charge in [0.15, 0.2) is 0 Å². The average Bonchev–Trinajstić information content (AvgIpc) is 2.87. The van der Waals surface area contributed by atoms with Crippen molar-refractivity contribution in [3.8, 4) is 22.6 Å². The van der Waals surface area contributed by atoms with E-state index in [-0.39, 0.29) is 0 Å². The summed E-state index contributed by atoms with van der Waals surface area (Å²) in [5.74, 6) is 0.736. The van der Waals surface area contributed by atoms with Crippen molar-refractivity contribution in [1.29, 1.82) is 0 Å². The molecule has 0 bridgehead atoms. The van der Waals surface area contributed by atoms with Crippen molar-refractivity contribution in [3.63, 3.8) is 0 Å². The monoisotopic (exact) mass is 419 g/mol. The van der Waals surface area contributed by atoms with Crippen LogP contribution in [0.4, 0.5) is 4.39 Å². The van der Waals surface area contributed by atoms with Gasteiger partial charge in [0.2, 0.25) is 0 Å². The molecule has 0 unspecified atom stereocenters. The fourth-order valence-electron chi connectivity index (χ4n) is 3.67. The number of hydrogen-bond donors (Lipinski definition) is 0. The van der Waals surface area contributed by atoms with Crippen molar-refractivity contribution in [3.05, 3.63) is 57.5 Å². The highest BCUT2D eigenvalue weighted by Gasteiger charge is 2.25. The third-order valence-corrected chi connectivity index (χ3v) is 5.60. The summed E-state index contributed by atoms with van der Waals surface area (Å²) in [6.45, 7) is 4.25. The summed E-state index contributed by atoms with van der Waals surface area (Å²) in [7, 11) is 0. The maximum Gasteiger partial charge on any atom is 0.141 e. The molecule has 0 amide bonds. The molecule has 0 aliphatic carbocycles. The quantitative estimate of drug-likeness (QED) is 0.566. The van der Waals surface area contributed by atoms with Crippen molar-refractivity contribution in [2.45, 2.75) is 32.9 Å². The van der Waals surface area contributed by atoms with E-state index in [2.05, 4.69) is 9.55 Å². The average molecular weight is 420 g/mol. The zero-order valence-corrected chi connectivity index (χ0v) is 17.2. The van der Waals surface area contributed by atoms with Crippen LogP contribution in [0.25, 0.3) is 22.6 Å². The smallest absolute Gasteiger partial charge is 0.141 e. The van der Waals surface area contributed by atoms with E-state index in [9.17, 15) is 4.39 Å². The normalized spacial score (nSPS) is 16.7. The molecule has 0 fully saturated rings. The van der Waals surface area contributed by atoms with E-state index in [4.69, 9.17) is 32.9 Å². The minimum Gasteiger partial charge on any atom is -0.373 e. The second kappa shape index (κ2) is 7.82. The lowest BCUT2D eigenvalue weighted by molar-refractivity contribution is 0.0355. The number of nitrogens with zero attached hydrogens (tertiary/aromatic N) is 3. The molecule has 28 heavy (non-hydrogen) atoms. The maximum atomic E-state index is 13.4. The van der Waals surface area contributed by atoms with Crippen LogP contribution in [0.2, 0.25) is 10.0 Å². The van der Waals surface area contributed by atoms with Crippen molar-refractivity contribution in [1.82, 2.24) is 14.5 Å². The second-order valence-electron chi connectivity index (χ2n) is 7.01. The van der Waals surface area contributed by atoms with Crippen molar-refractivity contribution in [2.75, 3.05) is 13.3 Å². The molecule has 3 heterocycles. The van der Waals surface area contributed by atoms with Crippen LogP contribution in [-0.2, 0) is 17.7 Å². The van der Waals surface area contributed by atoms with Crippen LogP contribution in [0.1, 0.15) is 17.1 Å². The Kier molecular flexibility index (Phi) is 5.41. The van der Waals surface area contributed by atoms with Gasteiger partial charge in [-0.2, -0.15) is 0 Å². The number of benzene rings is 1. The number of alkyl halides is 1. The Morgan fingerprint density at radius 3 is 2.50 bits per heavy atom. The van der Waals surface area contributed by atoms with Gasteiger partial charge in [-0.3, -0.25) is 4.98 Å². The van der Waals surface area contributed by atoms with Gasteiger partial charge < -0.3 is 9.30 Å². The predicted molar refractivity (Wildman–Crippen MR) is 110 cm³/mol. The number of imidazole rings is 1. The maximum absolute atomic E-state index is 13.4. The zero-order chi connectivity index (χ0) is 19.8. The second-order valence-corrected chi connectivity index (χ2v) is 7.82. The molecule has 1 atom stereocenters. The van der Waals surface area contributed by atoms with Crippen LogP contribution in [-0.4, -0.2) is 33.9 Å². The standard InChI is InChI=1S/C21H20Cl2FN3O/c1-12-7-15(8-13(2)25-12)20-19-5-6-28-16(10-24)11-27(19)21(26-20)14-3-4-17(22)18(23)9-14/h3-4,7-9,16H,5-6,10-11H2,1-2H3/t16-/m1/s1. The van der Waals surface area contributed by atoms with Crippen LogP contribution in [0, 0.1) is 13.8 Å². The SMILES string of the molecule is Cc1cc(-c2nc(-c3ccc(Cl)c(Cl)c3)n3c2CCO[C@H](CF)C3)cc(C)n1. The lowest BCUT2D eigenvalue weighted by Gasteiger charge is -2.14. The molecular formula is C21H20Cl2FN3O. The van der Waals surface area contributed by atoms with E-state index in [1.54, 1.807) is 12.1 Å². The first-order chi connectivity index (χ1) is 13.5. The fourth-order valence-corrected chi connectivity index (χ4v) is 3.96. The molecule has 0 N–H and O–H groups in total. The van der Waals surface area contributed by atoms with E-state index in [1.807, 2.05) is 32.0 Å². The van der Waals surface area contributed by atoms with Crippen LogP contribution < -0.4 is 0 Å². The zero-order valence-electron chi connectivity index (χ0n) is 15.7. The van der Waals surface area contributed by atoms with Gasteiger partial charge >= 0.3 is 0 Å². The third kappa shape index (κ3) is 3.66. The molecule has 4 rings (SSSR count). The largest absolute Gasteiger partial charge is 0.373 e. The van der Waals surface area contributed by atoms with E-state index >= 15 is 0 Å². The molecule has 3 aromatic rings. The van der Waals surface area contributed by atoms with Crippen LogP contribution in [0.15, 0.2) is 30.3 Å². The first-order valence-corrected chi connectivity index (χ1v) is 9.90. The van der Waals surface area contributed by atoms with Gasteiger partial charge in [-0.15, -0.1) is 0 Å². The highest BCUT2D eigenvalue weighted by Crippen LogP contribution is 2.34. The Morgan fingerprint density at radius 2 is 1.82 bits per heavy atom. The first-order valence-electron chi connectivity index (χ1n) is 9.14. The first kappa shape index (κ1) is 19.4. The Labute approximate surface area is 173 Å². The number of pyridine rings is 1. The van der Waals surface area contributed by atoms with Crippen molar-refractivity contribution >= 4 is 23.2 Å². The van der Waals surface area contributed by atoms with Crippen molar-refractivity contribution in [2.24, 2.45) is 0 Å². The van der Waals surface area contributed by atoms with E-state index in [1.165, 1.54) is 0 Å². The molecule has 0 radical (unpaired) electrons. The molecule has 0 saturated carbocycles. The lowest BCUT2D eigenvalue weighted by atomic mass is 10.1. The van der Waals surface area contributed by atoms with E-state index < -0.39 is 12.8 Å². The summed E-state index contributed by atoms with van der Waals surface area (Å²) >= 11 is 12.3. The minimum atomic E-state index is -0.540. The van der Waals surface area contributed by atoms with Gasteiger partial charge in [-0.25, -0.2) is 9.37 Å². The highest BCUT2D eigenvalue weighted by molar-refractivity contribution is 6.42. The molecule has 0 saturated heterocycles. The van der Waals surface area contributed by atoms with Crippen molar-refractivity contribution < 1.29 is 9.13 Å². The number of hydrogen-bond acceptors (Lipinski definition) is 3. The number of ether oxygens (including phenoxy) is 1. The number of fused-ring (bicyclic) bond motifs is 1. The Bertz CT molecular complexity index is 1010. The summed E-state index contributed by atoms with van der Waals surface area (Å²) in [6.07, 6.45) is 0.159. The fraction of sp³-hybridized carbons (Fsp3) is 0.333. The third-order valence-electron chi connectivity index (χ3n) is 4.86. The molecule has 1 aromatic carbocycles. The van der Waals surface area contributed by atoms with Crippen LogP contribution in [0.5, 0.6) is 0 Å². The Hall–Kier alpha value is -1.95. The summed E-state index contributed by atoms with van der Waals surface area (Å²) in [6, 6.07) is 9.47. The topological polar surface area (TPSA) is 39.9 Å². The van der Waals surface area contributed by atoms with Gasteiger partial charge in [0.05, 0.1) is 28.9 Å². The van der Waals surface area contributed by atoms with Gasteiger partial charge in [0.25, 0.3) is 0 Å². The number of aromatic nitrogens is 3. The molecular weight excluding hydrogens is 400 g/mol. The molecule has 146 valence electrons. The van der Waals surface area contributed by atoms with Gasteiger partial charge in [0.1, 0.15) is 18.6 Å². The summed E-state index contributed by atoms with van der Waals surface area (Å²) in [5, 5.41) is 0.944. The van der Waals surface area contributed by atoms with Gasteiger partial charge in [-0.05, 0) is 44.2 Å².